The minimum Gasteiger partial charge on any atom is -0.358 e. The molecule has 0 saturated carbocycles. The molecule has 0 saturated heterocycles. The molecule has 1 rings (SSSR count). The molecule has 1 aromatic carbocycles. The van der Waals surface area contributed by atoms with E-state index >= 15 is 0 Å². The van der Waals surface area contributed by atoms with Crippen molar-refractivity contribution in [3.8, 4) is 0 Å². The monoisotopic (exact) mass is 318 g/mol. The van der Waals surface area contributed by atoms with Gasteiger partial charge in [0.25, 0.3) is 0 Å². The number of benzene rings is 1. The van der Waals surface area contributed by atoms with Crippen molar-refractivity contribution >= 4 is 46.4 Å². The molecule has 0 atom stereocenters. The van der Waals surface area contributed by atoms with E-state index in [1.54, 1.807) is 12.1 Å². The molecule has 0 aliphatic rings. The molecule has 19 heavy (non-hydrogen) atoms. The maximum Gasteiger partial charge on any atom is 0.226 e. The molecule has 0 fully saturated rings. The van der Waals surface area contributed by atoms with Crippen molar-refractivity contribution in [2.75, 3.05) is 0 Å². The maximum atomic E-state index is 11.5. The summed E-state index contributed by atoms with van der Waals surface area (Å²) in [7, 11) is 0. The van der Waals surface area contributed by atoms with Crippen LogP contribution in [0.15, 0.2) is 18.2 Å². The van der Waals surface area contributed by atoms with E-state index in [2.05, 4.69) is 10.6 Å². The fraction of sp³-hybridized carbons (Fsp3) is 0.385. The van der Waals surface area contributed by atoms with Crippen LogP contribution in [0.25, 0.3) is 0 Å². The van der Waals surface area contributed by atoms with Crippen LogP contribution in [0, 0.1) is 5.92 Å². The number of rotatable bonds is 4. The minimum absolute atomic E-state index is 0.0882. The van der Waals surface area contributed by atoms with Crippen molar-refractivity contribution < 1.29 is 4.79 Å². The van der Waals surface area contributed by atoms with E-state index in [9.17, 15) is 4.79 Å². The predicted octanol–water partition coefficient (Wildman–Crippen LogP) is 3.53. The SMILES string of the molecule is CC(C)CC(=O)NC(=S)NCc1ccc(Cl)cc1Cl. The number of hydrogen-bond donors (Lipinski definition) is 2. The Hall–Kier alpha value is -0.840. The summed E-state index contributed by atoms with van der Waals surface area (Å²) in [5.74, 6) is 0.211. The molecule has 3 nitrogen and oxygen atoms in total. The molecule has 0 aliphatic heterocycles. The van der Waals surface area contributed by atoms with Gasteiger partial charge in [-0.05, 0) is 35.8 Å². The van der Waals surface area contributed by atoms with Gasteiger partial charge in [-0.15, -0.1) is 0 Å². The van der Waals surface area contributed by atoms with Crippen LogP contribution in [0.2, 0.25) is 10.0 Å². The molecular formula is C13H16Cl2N2OS. The molecular weight excluding hydrogens is 303 g/mol. The molecule has 0 spiro atoms. The van der Waals surface area contributed by atoms with Crippen molar-refractivity contribution in [1.29, 1.82) is 0 Å². The smallest absolute Gasteiger partial charge is 0.226 e. The van der Waals surface area contributed by atoms with Crippen LogP contribution in [0.3, 0.4) is 0 Å². The zero-order valence-corrected chi connectivity index (χ0v) is 13.1. The van der Waals surface area contributed by atoms with Gasteiger partial charge >= 0.3 is 0 Å². The van der Waals surface area contributed by atoms with Crippen LogP contribution in [0.1, 0.15) is 25.8 Å². The van der Waals surface area contributed by atoms with Crippen molar-refractivity contribution in [3.05, 3.63) is 33.8 Å². The van der Waals surface area contributed by atoms with Crippen LogP contribution in [-0.2, 0) is 11.3 Å². The number of carbonyl (C=O) groups excluding carboxylic acids is 1. The Morgan fingerprint density at radius 2 is 2.05 bits per heavy atom. The van der Waals surface area contributed by atoms with Gasteiger partial charge in [0.15, 0.2) is 5.11 Å². The van der Waals surface area contributed by atoms with Gasteiger partial charge in [-0.1, -0.05) is 43.1 Å². The number of carbonyl (C=O) groups is 1. The summed E-state index contributed by atoms with van der Waals surface area (Å²) >= 11 is 16.9. The molecule has 2 N–H and O–H groups in total. The summed E-state index contributed by atoms with van der Waals surface area (Å²) in [5, 5.41) is 7.01. The number of nitrogens with one attached hydrogen (secondary N) is 2. The minimum atomic E-state index is -0.0882. The fourth-order valence-electron chi connectivity index (χ4n) is 1.43. The highest BCUT2D eigenvalue weighted by Crippen LogP contribution is 2.20. The first-order valence-corrected chi connectivity index (χ1v) is 7.06. The van der Waals surface area contributed by atoms with Gasteiger partial charge in [0.2, 0.25) is 5.91 Å². The lowest BCUT2D eigenvalue weighted by Crippen LogP contribution is -2.39. The van der Waals surface area contributed by atoms with Crippen LogP contribution in [0.4, 0.5) is 0 Å². The summed E-state index contributed by atoms with van der Waals surface area (Å²) < 4.78 is 0. The first-order valence-electron chi connectivity index (χ1n) is 5.90. The molecule has 1 amide bonds. The molecule has 104 valence electrons. The molecule has 0 aromatic heterocycles. The quantitative estimate of drug-likeness (QED) is 0.834. The lowest BCUT2D eigenvalue weighted by molar-refractivity contribution is -0.120. The van der Waals surface area contributed by atoms with Crippen LogP contribution < -0.4 is 10.6 Å². The lowest BCUT2D eigenvalue weighted by Gasteiger charge is -2.11. The zero-order valence-electron chi connectivity index (χ0n) is 10.8. The Kier molecular flexibility index (Phi) is 6.55. The first kappa shape index (κ1) is 16.2. The second kappa shape index (κ2) is 7.68. The standard InChI is InChI=1S/C13H16Cl2N2OS/c1-8(2)5-12(18)17-13(19)16-7-9-3-4-10(14)6-11(9)15/h3-4,6,8H,5,7H2,1-2H3,(H2,16,17,18,19). The Labute approximate surface area is 128 Å². The maximum absolute atomic E-state index is 11.5. The molecule has 0 heterocycles. The number of hydrogen-bond acceptors (Lipinski definition) is 2. The summed E-state index contributed by atoms with van der Waals surface area (Å²) in [4.78, 5) is 11.5. The van der Waals surface area contributed by atoms with E-state index in [0.717, 1.165) is 5.56 Å². The van der Waals surface area contributed by atoms with Crippen LogP contribution >= 0.6 is 35.4 Å². The third-order valence-electron chi connectivity index (χ3n) is 2.30. The average molecular weight is 319 g/mol. The second-order valence-corrected chi connectivity index (χ2v) is 5.82. The molecule has 0 unspecified atom stereocenters. The lowest BCUT2D eigenvalue weighted by atomic mass is 10.1. The van der Waals surface area contributed by atoms with Crippen molar-refractivity contribution in [1.82, 2.24) is 10.6 Å². The van der Waals surface area contributed by atoms with E-state index in [4.69, 9.17) is 35.4 Å². The van der Waals surface area contributed by atoms with Gasteiger partial charge in [-0.3, -0.25) is 4.79 Å². The zero-order chi connectivity index (χ0) is 14.4. The summed E-state index contributed by atoms with van der Waals surface area (Å²) in [5.41, 5.74) is 0.867. The molecule has 1 aromatic rings. The van der Waals surface area contributed by atoms with Gasteiger partial charge < -0.3 is 10.6 Å². The van der Waals surface area contributed by atoms with Gasteiger partial charge in [-0.2, -0.15) is 0 Å². The number of amides is 1. The second-order valence-electron chi connectivity index (χ2n) is 4.56. The third-order valence-corrected chi connectivity index (χ3v) is 3.13. The average Bonchev–Trinajstić information content (AvgIpc) is 2.26. The molecule has 0 bridgehead atoms. The normalized spacial score (nSPS) is 10.4. The number of halogens is 2. The molecule has 0 aliphatic carbocycles. The van der Waals surface area contributed by atoms with Gasteiger partial charge in [0, 0.05) is 23.0 Å². The van der Waals surface area contributed by atoms with Crippen LogP contribution in [0.5, 0.6) is 0 Å². The highest BCUT2D eigenvalue weighted by atomic mass is 35.5. The fourth-order valence-corrected chi connectivity index (χ4v) is 2.09. The Morgan fingerprint density at radius 1 is 1.37 bits per heavy atom. The molecule has 6 heteroatoms. The van der Waals surface area contributed by atoms with E-state index in [1.807, 2.05) is 19.9 Å². The summed E-state index contributed by atoms with van der Waals surface area (Å²) in [6, 6.07) is 5.24. The summed E-state index contributed by atoms with van der Waals surface area (Å²) in [6.45, 7) is 4.39. The topological polar surface area (TPSA) is 41.1 Å². The largest absolute Gasteiger partial charge is 0.358 e. The Morgan fingerprint density at radius 3 is 2.63 bits per heavy atom. The summed E-state index contributed by atoms with van der Waals surface area (Å²) in [6.07, 6.45) is 0.448. The van der Waals surface area contributed by atoms with Gasteiger partial charge in [0.1, 0.15) is 0 Å². The number of thiocarbonyl (C=S) groups is 1. The van der Waals surface area contributed by atoms with E-state index in [0.29, 0.717) is 34.0 Å². The van der Waals surface area contributed by atoms with E-state index in [-0.39, 0.29) is 5.91 Å². The Balaban J connectivity index is 2.44. The highest BCUT2D eigenvalue weighted by molar-refractivity contribution is 7.80. The van der Waals surface area contributed by atoms with E-state index < -0.39 is 0 Å². The van der Waals surface area contributed by atoms with Crippen LogP contribution in [-0.4, -0.2) is 11.0 Å². The highest BCUT2D eigenvalue weighted by Gasteiger charge is 2.07. The van der Waals surface area contributed by atoms with Gasteiger partial charge in [0.05, 0.1) is 0 Å². The third kappa shape index (κ3) is 6.23. The predicted molar refractivity (Wildman–Crippen MR) is 83.5 cm³/mol. The Bertz CT molecular complexity index is 478. The van der Waals surface area contributed by atoms with Crippen molar-refractivity contribution in [2.45, 2.75) is 26.8 Å². The first-order chi connectivity index (χ1) is 8.88. The van der Waals surface area contributed by atoms with E-state index in [1.165, 1.54) is 0 Å². The van der Waals surface area contributed by atoms with Crippen molar-refractivity contribution in [3.63, 3.8) is 0 Å². The van der Waals surface area contributed by atoms with Gasteiger partial charge in [-0.25, -0.2) is 0 Å². The van der Waals surface area contributed by atoms with Crippen molar-refractivity contribution in [2.24, 2.45) is 5.92 Å². The molecule has 0 radical (unpaired) electrons.